The van der Waals surface area contributed by atoms with Crippen LogP contribution in [0.15, 0.2) is 0 Å². The monoisotopic (exact) mass is 199 g/mol. The molecule has 0 aliphatic heterocycles. The highest BCUT2D eigenvalue weighted by molar-refractivity contribution is 5.75. The van der Waals surface area contributed by atoms with Crippen LogP contribution in [0.3, 0.4) is 0 Å². The lowest BCUT2D eigenvalue weighted by Crippen LogP contribution is -2.48. The van der Waals surface area contributed by atoms with Crippen LogP contribution >= 0.6 is 0 Å². The van der Waals surface area contributed by atoms with Gasteiger partial charge in [-0.15, -0.1) is 0 Å². The molecule has 14 heavy (non-hydrogen) atoms. The van der Waals surface area contributed by atoms with Crippen LogP contribution in [0, 0.1) is 0 Å². The van der Waals surface area contributed by atoms with Crippen molar-refractivity contribution in [2.24, 2.45) is 0 Å². The first-order chi connectivity index (χ1) is 6.57. The van der Waals surface area contributed by atoms with E-state index in [0.717, 1.165) is 12.8 Å². The van der Waals surface area contributed by atoms with E-state index in [-0.39, 0.29) is 17.6 Å². The van der Waals surface area contributed by atoms with E-state index in [0.29, 0.717) is 6.61 Å². The van der Waals surface area contributed by atoms with Crippen LogP contribution in [0.1, 0.15) is 46.5 Å². The Bertz CT molecular complexity index is 197. The van der Waals surface area contributed by atoms with Crippen LogP contribution in [0.4, 0.5) is 0 Å². The Kier molecular flexibility index (Phi) is 3.93. The average Bonchev–Trinajstić information content (AvgIpc) is 2.52. The van der Waals surface area contributed by atoms with Crippen molar-refractivity contribution in [1.82, 2.24) is 5.32 Å². The second-order valence-corrected chi connectivity index (χ2v) is 4.39. The number of hydrogen-bond donors (Lipinski definition) is 1. The minimum Gasteiger partial charge on any atom is -0.465 e. The summed E-state index contributed by atoms with van der Waals surface area (Å²) in [7, 11) is 0. The number of hydrogen-bond acceptors (Lipinski definition) is 3. The molecule has 1 saturated carbocycles. The van der Waals surface area contributed by atoms with Crippen molar-refractivity contribution in [2.45, 2.75) is 58.0 Å². The van der Waals surface area contributed by atoms with E-state index < -0.39 is 0 Å². The molecule has 1 aliphatic rings. The van der Waals surface area contributed by atoms with Crippen LogP contribution in [0.5, 0.6) is 0 Å². The van der Waals surface area contributed by atoms with Gasteiger partial charge < -0.3 is 4.74 Å². The molecular formula is C11H21NO2. The number of carbonyl (C=O) groups is 1. The molecule has 0 saturated heterocycles. The summed E-state index contributed by atoms with van der Waals surface area (Å²) in [5, 5.41) is 3.37. The summed E-state index contributed by atoms with van der Waals surface area (Å²) in [6.07, 6.45) is 4.85. The van der Waals surface area contributed by atoms with E-state index in [9.17, 15) is 4.79 Å². The van der Waals surface area contributed by atoms with Gasteiger partial charge in [0.1, 0.15) is 6.04 Å². The summed E-state index contributed by atoms with van der Waals surface area (Å²) in [6, 6.07) is -0.182. The molecule has 3 heteroatoms. The maximum Gasteiger partial charge on any atom is 0.322 e. The molecule has 0 spiro atoms. The van der Waals surface area contributed by atoms with Gasteiger partial charge in [-0.1, -0.05) is 12.8 Å². The van der Waals surface area contributed by atoms with Gasteiger partial charge in [0.2, 0.25) is 0 Å². The lowest BCUT2D eigenvalue weighted by molar-refractivity contribution is -0.145. The van der Waals surface area contributed by atoms with Gasteiger partial charge in [-0.25, -0.2) is 0 Å². The van der Waals surface area contributed by atoms with E-state index >= 15 is 0 Å². The zero-order valence-electron chi connectivity index (χ0n) is 9.43. The maximum absolute atomic E-state index is 11.4. The Morgan fingerprint density at radius 3 is 2.57 bits per heavy atom. The molecule has 0 aromatic heterocycles. The summed E-state index contributed by atoms with van der Waals surface area (Å²) in [6.45, 7) is 6.36. The molecule has 1 fully saturated rings. The molecular weight excluding hydrogens is 178 g/mol. The fraction of sp³-hybridized carbons (Fsp3) is 0.909. The number of nitrogens with one attached hydrogen (secondary N) is 1. The van der Waals surface area contributed by atoms with Crippen LogP contribution in [0.25, 0.3) is 0 Å². The zero-order chi connectivity index (χ0) is 10.6. The molecule has 1 atom stereocenters. The molecule has 0 bridgehead atoms. The van der Waals surface area contributed by atoms with Crippen LogP contribution in [0.2, 0.25) is 0 Å². The second kappa shape index (κ2) is 4.78. The fourth-order valence-electron chi connectivity index (χ4n) is 2.15. The minimum absolute atomic E-state index is 0.138. The van der Waals surface area contributed by atoms with Crippen molar-refractivity contribution in [3.63, 3.8) is 0 Å². The van der Waals surface area contributed by atoms with E-state index in [1.807, 2.05) is 13.8 Å². The first-order valence-electron chi connectivity index (χ1n) is 5.52. The predicted octanol–water partition coefficient (Wildman–Crippen LogP) is 1.86. The molecule has 0 aromatic rings. The molecule has 0 radical (unpaired) electrons. The Morgan fingerprint density at radius 2 is 2.07 bits per heavy atom. The highest BCUT2D eigenvalue weighted by atomic mass is 16.5. The molecule has 1 unspecified atom stereocenters. The van der Waals surface area contributed by atoms with E-state index in [1.54, 1.807) is 0 Å². The van der Waals surface area contributed by atoms with E-state index in [1.165, 1.54) is 12.8 Å². The molecule has 1 aliphatic carbocycles. The Labute approximate surface area is 86.2 Å². The number of esters is 1. The van der Waals surface area contributed by atoms with Gasteiger partial charge in [0.15, 0.2) is 0 Å². The molecule has 0 heterocycles. The summed E-state index contributed by atoms with van der Waals surface area (Å²) in [5.41, 5.74) is 0.145. The lowest BCUT2D eigenvalue weighted by atomic mass is 9.99. The van der Waals surface area contributed by atoms with Gasteiger partial charge in [-0.3, -0.25) is 10.1 Å². The summed E-state index contributed by atoms with van der Waals surface area (Å²) in [4.78, 5) is 11.4. The van der Waals surface area contributed by atoms with Gasteiger partial charge in [0.25, 0.3) is 0 Å². The summed E-state index contributed by atoms with van der Waals surface area (Å²) in [5.74, 6) is -0.138. The molecule has 1 N–H and O–H groups in total. The summed E-state index contributed by atoms with van der Waals surface area (Å²) < 4.78 is 4.96. The third kappa shape index (κ3) is 2.98. The summed E-state index contributed by atoms with van der Waals surface area (Å²) >= 11 is 0. The third-order valence-electron chi connectivity index (χ3n) is 2.91. The predicted molar refractivity (Wildman–Crippen MR) is 56.1 cm³/mol. The Balaban J connectivity index is 2.38. The van der Waals surface area contributed by atoms with Crippen molar-refractivity contribution in [2.75, 3.05) is 6.61 Å². The first-order valence-corrected chi connectivity index (χ1v) is 5.52. The molecule has 0 aromatic carbocycles. The SMILES string of the molecule is CCOC(=O)C(C)NC1(C)CCCC1. The van der Waals surface area contributed by atoms with Gasteiger partial charge >= 0.3 is 5.97 Å². The van der Waals surface area contributed by atoms with Crippen molar-refractivity contribution < 1.29 is 9.53 Å². The first kappa shape index (κ1) is 11.5. The minimum atomic E-state index is -0.182. The molecule has 1 rings (SSSR count). The second-order valence-electron chi connectivity index (χ2n) is 4.39. The Morgan fingerprint density at radius 1 is 1.50 bits per heavy atom. The smallest absolute Gasteiger partial charge is 0.322 e. The third-order valence-corrected chi connectivity index (χ3v) is 2.91. The highest BCUT2D eigenvalue weighted by Crippen LogP contribution is 2.29. The quantitative estimate of drug-likeness (QED) is 0.702. The van der Waals surface area contributed by atoms with Gasteiger partial charge in [0, 0.05) is 5.54 Å². The largest absolute Gasteiger partial charge is 0.465 e. The van der Waals surface area contributed by atoms with Crippen LogP contribution < -0.4 is 5.32 Å². The molecule has 82 valence electrons. The van der Waals surface area contributed by atoms with Gasteiger partial charge in [-0.05, 0) is 33.6 Å². The van der Waals surface area contributed by atoms with Gasteiger partial charge in [0.05, 0.1) is 6.61 Å². The lowest BCUT2D eigenvalue weighted by Gasteiger charge is -2.28. The zero-order valence-corrected chi connectivity index (χ0v) is 9.43. The van der Waals surface area contributed by atoms with Crippen LogP contribution in [-0.4, -0.2) is 24.2 Å². The normalized spacial score (nSPS) is 21.9. The fourth-order valence-corrected chi connectivity index (χ4v) is 2.15. The maximum atomic E-state index is 11.4. The standard InChI is InChI=1S/C11H21NO2/c1-4-14-10(13)9(2)12-11(3)7-5-6-8-11/h9,12H,4-8H2,1-3H3. The average molecular weight is 199 g/mol. The van der Waals surface area contributed by atoms with E-state index in [2.05, 4.69) is 12.2 Å². The van der Waals surface area contributed by atoms with Crippen molar-refractivity contribution in [1.29, 1.82) is 0 Å². The number of ether oxygens (including phenoxy) is 1. The van der Waals surface area contributed by atoms with Crippen molar-refractivity contribution in [3.8, 4) is 0 Å². The van der Waals surface area contributed by atoms with Crippen molar-refractivity contribution >= 4 is 5.97 Å². The topological polar surface area (TPSA) is 38.3 Å². The van der Waals surface area contributed by atoms with Gasteiger partial charge in [-0.2, -0.15) is 0 Å². The van der Waals surface area contributed by atoms with Crippen molar-refractivity contribution in [3.05, 3.63) is 0 Å². The molecule has 3 nitrogen and oxygen atoms in total. The Hall–Kier alpha value is -0.570. The number of carbonyl (C=O) groups excluding carboxylic acids is 1. The molecule has 0 amide bonds. The highest BCUT2D eigenvalue weighted by Gasteiger charge is 2.31. The van der Waals surface area contributed by atoms with E-state index in [4.69, 9.17) is 4.74 Å². The number of rotatable bonds is 4. The van der Waals surface area contributed by atoms with Crippen LogP contribution in [-0.2, 0) is 9.53 Å².